The second-order valence-corrected chi connectivity index (χ2v) is 4.22. The summed E-state index contributed by atoms with van der Waals surface area (Å²) in [6.45, 7) is 0.563. The first-order valence-corrected chi connectivity index (χ1v) is 5.33. The molecule has 1 fully saturated rings. The van der Waals surface area contributed by atoms with Crippen molar-refractivity contribution in [3.8, 4) is 6.07 Å². The monoisotopic (exact) mass is 218 g/mol. The molecule has 1 amide bonds. The lowest BCUT2D eigenvalue weighted by atomic mass is 10.1. The third kappa shape index (κ3) is 2.06. The van der Waals surface area contributed by atoms with Gasteiger partial charge in [-0.1, -0.05) is 0 Å². The normalized spacial score (nSPS) is 16.5. The maximum Gasteiger partial charge on any atom is 0.240 e. The molecule has 0 aromatic carbocycles. The minimum absolute atomic E-state index is 0.126. The van der Waals surface area contributed by atoms with E-state index in [1.54, 1.807) is 10.9 Å². The lowest BCUT2D eigenvalue weighted by Crippen LogP contribution is -2.32. The summed E-state index contributed by atoms with van der Waals surface area (Å²) in [6, 6.07) is 2.08. The van der Waals surface area contributed by atoms with E-state index in [2.05, 4.69) is 16.5 Å². The van der Waals surface area contributed by atoms with Crippen molar-refractivity contribution in [3.63, 3.8) is 0 Å². The number of nitrogens with zero attached hydrogens (tertiary/aromatic N) is 3. The van der Waals surface area contributed by atoms with Crippen LogP contribution >= 0.6 is 0 Å². The van der Waals surface area contributed by atoms with E-state index in [1.807, 2.05) is 13.2 Å². The van der Waals surface area contributed by atoms with Crippen molar-refractivity contribution in [1.29, 1.82) is 5.26 Å². The van der Waals surface area contributed by atoms with Crippen molar-refractivity contribution in [2.75, 3.05) is 6.54 Å². The maximum absolute atomic E-state index is 11.6. The van der Waals surface area contributed by atoms with Crippen LogP contribution in [0.1, 0.15) is 18.4 Å². The molecule has 5 nitrogen and oxygen atoms in total. The van der Waals surface area contributed by atoms with Gasteiger partial charge in [0.15, 0.2) is 0 Å². The summed E-state index contributed by atoms with van der Waals surface area (Å²) < 4.78 is 1.73. The number of nitrogens with one attached hydrogen (secondary N) is 1. The van der Waals surface area contributed by atoms with Crippen LogP contribution in [0.15, 0.2) is 12.4 Å². The third-order valence-electron chi connectivity index (χ3n) is 2.86. The van der Waals surface area contributed by atoms with Crippen molar-refractivity contribution < 1.29 is 4.79 Å². The number of carbonyl (C=O) groups excluding carboxylic acids is 1. The highest BCUT2D eigenvalue weighted by Crippen LogP contribution is 2.44. The van der Waals surface area contributed by atoms with Crippen LogP contribution in [0.4, 0.5) is 0 Å². The van der Waals surface area contributed by atoms with E-state index in [0.29, 0.717) is 19.4 Å². The zero-order valence-corrected chi connectivity index (χ0v) is 9.23. The Kier molecular flexibility index (Phi) is 2.65. The average molecular weight is 218 g/mol. The summed E-state index contributed by atoms with van der Waals surface area (Å²) >= 11 is 0. The van der Waals surface area contributed by atoms with Crippen LogP contribution in [0, 0.1) is 16.7 Å². The largest absolute Gasteiger partial charge is 0.354 e. The quantitative estimate of drug-likeness (QED) is 0.794. The van der Waals surface area contributed by atoms with Crippen molar-refractivity contribution in [1.82, 2.24) is 15.1 Å². The highest BCUT2D eigenvalue weighted by molar-refractivity contribution is 5.88. The highest BCUT2D eigenvalue weighted by atomic mass is 16.2. The van der Waals surface area contributed by atoms with E-state index in [1.165, 1.54) is 0 Å². The predicted octanol–water partition coefficient (Wildman–Crippen LogP) is 0.383. The van der Waals surface area contributed by atoms with Gasteiger partial charge in [0.05, 0.1) is 12.3 Å². The molecule has 0 radical (unpaired) electrons. The molecule has 1 aromatic heterocycles. The topological polar surface area (TPSA) is 70.7 Å². The summed E-state index contributed by atoms with van der Waals surface area (Å²) in [5.74, 6) is -0.126. The fourth-order valence-corrected chi connectivity index (χ4v) is 1.61. The first-order chi connectivity index (χ1) is 7.66. The molecule has 84 valence electrons. The van der Waals surface area contributed by atoms with Gasteiger partial charge in [0, 0.05) is 19.8 Å². The fourth-order valence-electron chi connectivity index (χ4n) is 1.61. The number of aryl methyl sites for hydroxylation is 1. The molecular weight excluding hydrogens is 204 g/mol. The minimum Gasteiger partial charge on any atom is -0.354 e. The molecule has 0 spiro atoms. The van der Waals surface area contributed by atoms with E-state index in [9.17, 15) is 4.79 Å². The second-order valence-electron chi connectivity index (χ2n) is 4.22. The number of hydrogen-bond acceptors (Lipinski definition) is 3. The number of amides is 1. The van der Waals surface area contributed by atoms with E-state index in [4.69, 9.17) is 5.26 Å². The first-order valence-electron chi connectivity index (χ1n) is 5.33. The molecule has 0 atom stereocenters. The zero-order valence-electron chi connectivity index (χ0n) is 9.23. The van der Waals surface area contributed by atoms with Gasteiger partial charge in [-0.3, -0.25) is 9.48 Å². The predicted molar refractivity (Wildman–Crippen MR) is 57.2 cm³/mol. The maximum atomic E-state index is 11.6. The number of aromatic nitrogens is 2. The summed E-state index contributed by atoms with van der Waals surface area (Å²) in [7, 11) is 1.86. The van der Waals surface area contributed by atoms with E-state index in [0.717, 1.165) is 12.0 Å². The molecule has 0 bridgehead atoms. The van der Waals surface area contributed by atoms with Crippen LogP contribution < -0.4 is 5.32 Å². The molecule has 1 N–H and O–H groups in total. The standard InChI is InChI=1S/C11H14N4O/c1-15-7-9(6-14-15)2-5-13-10(16)11(8-12)3-4-11/h6-7H,2-5H2,1H3,(H,13,16). The number of carbonyl (C=O) groups is 1. The molecule has 0 saturated heterocycles. The Hall–Kier alpha value is -1.83. The minimum atomic E-state index is -0.713. The lowest BCUT2D eigenvalue weighted by Gasteiger charge is -2.06. The smallest absolute Gasteiger partial charge is 0.240 e. The van der Waals surface area contributed by atoms with Crippen molar-refractivity contribution in [3.05, 3.63) is 18.0 Å². The Labute approximate surface area is 94.1 Å². The lowest BCUT2D eigenvalue weighted by molar-refractivity contribution is -0.124. The number of rotatable bonds is 4. The molecule has 1 heterocycles. The Morgan fingerprint density at radius 2 is 2.50 bits per heavy atom. The Morgan fingerprint density at radius 3 is 3.00 bits per heavy atom. The molecule has 0 unspecified atom stereocenters. The van der Waals surface area contributed by atoms with E-state index >= 15 is 0 Å². The highest BCUT2D eigenvalue weighted by Gasteiger charge is 2.50. The molecule has 1 aromatic rings. The van der Waals surface area contributed by atoms with Crippen LogP contribution in [0.25, 0.3) is 0 Å². The van der Waals surface area contributed by atoms with E-state index in [-0.39, 0.29) is 5.91 Å². The Balaban J connectivity index is 1.77. The van der Waals surface area contributed by atoms with Crippen molar-refractivity contribution >= 4 is 5.91 Å². The van der Waals surface area contributed by atoms with Crippen molar-refractivity contribution in [2.45, 2.75) is 19.3 Å². The number of nitriles is 1. The molecule has 2 rings (SSSR count). The summed E-state index contributed by atoms with van der Waals surface area (Å²) in [5.41, 5.74) is 0.374. The zero-order chi connectivity index (χ0) is 11.6. The van der Waals surface area contributed by atoms with Gasteiger partial charge in [-0.25, -0.2) is 0 Å². The van der Waals surface area contributed by atoms with Gasteiger partial charge >= 0.3 is 0 Å². The van der Waals surface area contributed by atoms with Crippen LogP contribution in [-0.2, 0) is 18.3 Å². The summed E-state index contributed by atoms with van der Waals surface area (Å²) in [4.78, 5) is 11.6. The van der Waals surface area contributed by atoms with Gasteiger partial charge in [0.2, 0.25) is 5.91 Å². The Morgan fingerprint density at radius 1 is 1.75 bits per heavy atom. The SMILES string of the molecule is Cn1cc(CCNC(=O)C2(C#N)CC2)cn1. The molecule has 0 aliphatic heterocycles. The van der Waals surface area contributed by atoms with Gasteiger partial charge in [-0.15, -0.1) is 0 Å². The molecule has 1 aliphatic carbocycles. The first kappa shape index (κ1) is 10.7. The number of hydrogen-bond donors (Lipinski definition) is 1. The average Bonchev–Trinajstić information content (AvgIpc) is 2.98. The van der Waals surface area contributed by atoms with E-state index < -0.39 is 5.41 Å². The van der Waals surface area contributed by atoms with Gasteiger partial charge in [-0.2, -0.15) is 10.4 Å². The van der Waals surface area contributed by atoms with Crippen LogP contribution in [-0.4, -0.2) is 22.2 Å². The fraction of sp³-hybridized carbons (Fsp3) is 0.545. The molecule has 5 heteroatoms. The molecular formula is C11H14N4O. The van der Waals surface area contributed by atoms with Gasteiger partial charge in [-0.05, 0) is 24.8 Å². The second kappa shape index (κ2) is 3.97. The van der Waals surface area contributed by atoms with Crippen LogP contribution in [0.3, 0.4) is 0 Å². The molecule has 1 aliphatic rings. The van der Waals surface area contributed by atoms with Gasteiger partial charge < -0.3 is 5.32 Å². The summed E-state index contributed by atoms with van der Waals surface area (Å²) in [6.07, 6.45) is 5.85. The van der Waals surface area contributed by atoms with Crippen molar-refractivity contribution in [2.24, 2.45) is 12.5 Å². The van der Waals surface area contributed by atoms with Gasteiger partial charge in [0.1, 0.15) is 5.41 Å². The van der Waals surface area contributed by atoms with Crippen LogP contribution in [0.2, 0.25) is 0 Å². The Bertz CT molecular complexity index is 439. The molecule has 16 heavy (non-hydrogen) atoms. The molecule has 1 saturated carbocycles. The van der Waals surface area contributed by atoms with Crippen LogP contribution in [0.5, 0.6) is 0 Å². The van der Waals surface area contributed by atoms with Gasteiger partial charge in [0.25, 0.3) is 0 Å². The third-order valence-corrected chi connectivity index (χ3v) is 2.86. The summed E-state index contributed by atoms with van der Waals surface area (Å²) in [5, 5.41) is 15.7.